The molecule has 2 nitrogen and oxygen atoms in total. The van der Waals surface area contributed by atoms with E-state index in [1.807, 2.05) is 0 Å². The Kier molecular flexibility index (Phi) is 5.78. The third-order valence-electron chi connectivity index (χ3n) is 4.33. The van der Waals surface area contributed by atoms with Crippen LogP contribution in [-0.2, 0) is 4.79 Å². The summed E-state index contributed by atoms with van der Waals surface area (Å²) in [5.41, 5.74) is 0. The summed E-state index contributed by atoms with van der Waals surface area (Å²) in [4.78, 5) is 11.4. The van der Waals surface area contributed by atoms with Gasteiger partial charge in [-0.25, -0.2) is 0 Å². The number of hydrogen-bond donors (Lipinski definition) is 1. The maximum atomic E-state index is 11.4. The van der Waals surface area contributed by atoms with E-state index in [1.165, 1.54) is 12.8 Å². The van der Waals surface area contributed by atoms with Gasteiger partial charge >= 0.3 is 5.97 Å². The summed E-state index contributed by atoms with van der Waals surface area (Å²) in [6.07, 6.45) is 4.08. The number of carbonyl (C=O) groups is 1. The molecule has 0 heterocycles. The topological polar surface area (TPSA) is 37.3 Å². The standard InChI is InChI=1S/C14H25ClO2/c1-9(2)11-5-4-10(3)8-13(11)12(6-7-15)14(16)17/h9-13H,4-8H2,1-3H3,(H,16,17). The van der Waals surface area contributed by atoms with Crippen molar-refractivity contribution in [2.75, 3.05) is 5.88 Å². The Morgan fingerprint density at radius 3 is 2.47 bits per heavy atom. The minimum Gasteiger partial charge on any atom is -0.481 e. The average Bonchev–Trinajstić information content (AvgIpc) is 2.24. The average molecular weight is 261 g/mol. The first kappa shape index (κ1) is 14.8. The fraction of sp³-hybridized carbons (Fsp3) is 0.929. The quantitative estimate of drug-likeness (QED) is 0.758. The molecule has 0 saturated heterocycles. The first-order valence-electron chi connectivity index (χ1n) is 6.76. The monoisotopic (exact) mass is 260 g/mol. The van der Waals surface area contributed by atoms with Crippen molar-refractivity contribution in [3.8, 4) is 0 Å². The molecular weight excluding hydrogens is 236 g/mol. The summed E-state index contributed by atoms with van der Waals surface area (Å²) in [7, 11) is 0. The van der Waals surface area contributed by atoms with E-state index in [9.17, 15) is 9.90 Å². The van der Waals surface area contributed by atoms with E-state index >= 15 is 0 Å². The van der Waals surface area contributed by atoms with Gasteiger partial charge in [0.05, 0.1) is 5.92 Å². The highest BCUT2D eigenvalue weighted by molar-refractivity contribution is 6.17. The zero-order chi connectivity index (χ0) is 13.0. The van der Waals surface area contributed by atoms with E-state index in [-0.39, 0.29) is 5.92 Å². The second-order valence-corrected chi connectivity index (χ2v) is 6.29. The summed E-state index contributed by atoms with van der Waals surface area (Å²) in [5, 5.41) is 9.38. The molecule has 0 amide bonds. The van der Waals surface area contributed by atoms with Crippen LogP contribution >= 0.6 is 11.6 Å². The number of carboxylic acid groups (broad SMARTS) is 1. The summed E-state index contributed by atoms with van der Waals surface area (Å²) < 4.78 is 0. The van der Waals surface area contributed by atoms with Gasteiger partial charge in [-0.1, -0.05) is 27.2 Å². The normalized spacial score (nSPS) is 31.5. The summed E-state index contributed by atoms with van der Waals surface area (Å²) in [6.45, 7) is 6.67. The molecular formula is C14H25ClO2. The van der Waals surface area contributed by atoms with Gasteiger partial charge in [0.15, 0.2) is 0 Å². The van der Waals surface area contributed by atoms with Crippen LogP contribution in [0.25, 0.3) is 0 Å². The van der Waals surface area contributed by atoms with Gasteiger partial charge in [0.2, 0.25) is 0 Å². The van der Waals surface area contributed by atoms with Crippen LogP contribution in [0, 0.1) is 29.6 Å². The molecule has 1 fully saturated rings. The number of aliphatic carboxylic acids is 1. The van der Waals surface area contributed by atoms with Crippen LogP contribution in [-0.4, -0.2) is 17.0 Å². The lowest BCUT2D eigenvalue weighted by molar-refractivity contribution is -0.146. The largest absolute Gasteiger partial charge is 0.481 e. The Morgan fingerprint density at radius 1 is 1.35 bits per heavy atom. The molecule has 1 saturated carbocycles. The molecule has 0 aromatic heterocycles. The van der Waals surface area contributed by atoms with E-state index in [0.29, 0.717) is 36.0 Å². The van der Waals surface area contributed by atoms with Gasteiger partial charge in [-0.05, 0) is 42.9 Å². The smallest absolute Gasteiger partial charge is 0.306 e. The van der Waals surface area contributed by atoms with Crippen LogP contribution in [0.2, 0.25) is 0 Å². The molecule has 3 heteroatoms. The Labute approximate surface area is 110 Å². The lowest BCUT2D eigenvalue weighted by atomic mass is 9.65. The van der Waals surface area contributed by atoms with Gasteiger partial charge in [0.25, 0.3) is 0 Å². The molecule has 17 heavy (non-hydrogen) atoms. The molecule has 0 aliphatic heterocycles. The van der Waals surface area contributed by atoms with E-state index in [0.717, 1.165) is 6.42 Å². The van der Waals surface area contributed by atoms with Gasteiger partial charge in [-0.3, -0.25) is 4.79 Å². The van der Waals surface area contributed by atoms with Crippen molar-refractivity contribution in [1.29, 1.82) is 0 Å². The third-order valence-corrected chi connectivity index (χ3v) is 4.55. The second kappa shape index (κ2) is 6.63. The Hall–Kier alpha value is -0.240. The molecule has 0 aromatic rings. The first-order chi connectivity index (χ1) is 7.97. The van der Waals surface area contributed by atoms with Crippen molar-refractivity contribution in [2.45, 2.75) is 46.5 Å². The van der Waals surface area contributed by atoms with Crippen LogP contribution < -0.4 is 0 Å². The van der Waals surface area contributed by atoms with Crippen molar-refractivity contribution < 1.29 is 9.90 Å². The van der Waals surface area contributed by atoms with Crippen molar-refractivity contribution in [3.05, 3.63) is 0 Å². The number of rotatable bonds is 5. The maximum Gasteiger partial charge on any atom is 0.306 e. The molecule has 0 radical (unpaired) electrons. The van der Waals surface area contributed by atoms with E-state index < -0.39 is 5.97 Å². The van der Waals surface area contributed by atoms with Crippen LogP contribution in [0.1, 0.15) is 46.5 Å². The predicted octanol–water partition coefficient (Wildman–Crippen LogP) is 4.02. The summed E-state index contributed by atoms with van der Waals surface area (Å²) in [5.74, 6) is 1.65. The lowest BCUT2D eigenvalue weighted by Gasteiger charge is -2.40. The fourth-order valence-corrected chi connectivity index (χ4v) is 3.61. The Morgan fingerprint density at radius 2 is 2.00 bits per heavy atom. The predicted molar refractivity (Wildman–Crippen MR) is 71.3 cm³/mol. The van der Waals surface area contributed by atoms with E-state index in [4.69, 9.17) is 11.6 Å². The maximum absolute atomic E-state index is 11.4. The minimum atomic E-state index is -0.657. The highest BCUT2D eigenvalue weighted by Crippen LogP contribution is 2.42. The van der Waals surface area contributed by atoms with Gasteiger partial charge in [0, 0.05) is 5.88 Å². The summed E-state index contributed by atoms with van der Waals surface area (Å²) in [6, 6.07) is 0. The number of carboxylic acids is 1. The Bertz CT molecular complexity index is 253. The number of alkyl halides is 1. The zero-order valence-electron chi connectivity index (χ0n) is 11.2. The van der Waals surface area contributed by atoms with Crippen LogP contribution in [0.5, 0.6) is 0 Å². The van der Waals surface area contributed by atoms with Crippen LogP contribution in [0.4, 0.5) is 0 Å². The SMILES string of the molecule is CC1CCC(C(C)C)C(C(CCCl)C(=O)O)C1. The summed E-state index contributed by atoms with van der Waals surface area (Å²) >= 11 is 5.76. The first-order valence-corrected chi connectivity index (χ1v) is 7.29. The lowest BCUT2D eigenvalue weighted by Crippen LogP contribution is -2.36. The third kappa shape index (κ3) is 3.87. The van der Waals surface area contributed by atoms with E-state index in [2.05, 4.69) is 20.8 Å². The van der Waals surface area contributed by atoms with Gasteiger partial charge in [-0.15, -0.1) is 11.6 Å². The van der Waals surface area contributed by atoms with Gasteiger partial charge in [-0.2, -0.15) is 0 Å². The molecule has 1 aliphatic rings. The highest BCUT2D eigenvalue weighted by atomic mass is 35.5. The van der Waals surface area contributed by atoms with Gasteiger partial charge in [0.1, 0.15) is 0 Å². The minimum absolute atomic E-state index is 0.248. The van der Waals surface area contributed by atoms with Crippen molar-refractivity contribution >= 4 is 17.6 Å². The second-order valence-electron chi connectivity index (χ2n) is 5.91. The number of halogens is 1. The molecule has 4 unspecified atom stereocenters. The molecule has 0 spiro atoms. The van der Waals surface area contributed by atoms with E-state index in [1.54, 1.807) is 0 Å². The van der Waals surface area contributed by atoms with Crippen LogP contribution in [0.15, 0.2) is 0 Å². The highest BCUT2D eigenvalue weighted by Gasteiger charge is 2.38. The molecule has 1 N–H and O–H groups in total. The van der Waals surface area contributed by atoms with Crippen molar-refractivity contribution in [1.82, 2.24) is 0 Å². The molecule has 0 bridgehead atoms. The van der Waals surface area contributed by atoms with Crippen molar-refractivity contribution in [3.63, 3.8) is 0 Å². The zero-order valence-corrected chi connectivity index (χ0v) is 11.9. The molecule has 0 aromatic carbocycles. The molecule has 1 aliphatic carbocycles. The van der Waals surface area contributed by atoms with Crippen molar-refractivity contribution in [2.24, 2.45) is 29.6 Å². The molecule has 4 atom stereocenters. The van der Waals surface area contributed by atoms with Crippen LogP contribution in [0.3, 0.4) is 0 Å². The fourth-order valence-electron chi connectivity index (χ4n) is 3.38. The number of hydrogen-bond acceptors (Lipinski definition) is 1. The molecule has 100 valence electrons. The Balaban J connectivity index is 2.82. The van der Waals surface area contributed by atoms with Gasteiger partial charge < -0.3 is 5.11 Å². The molecule has 1 rings (SSSR count).